The van der Waals surface area contributed by atoms with E-state index >= 15 is 0 Å². The van der Waals surface area contributed by atoms with E-state index in [-0.39, 0.29) is 88.3 Å². The van der Waals surface area contributed by atoms with Crippen LogP contribution in [0.25, 0.3) is 11.2 Å². The molecule has 1 aliphatic heterocycles. The fraction of sp³-hybridized carbons (Fsp3) is 0.333. The molecule has 0 spiro atoms. The molecule has 196 valence electrons. The van der Waals surface area contributed by atoms with Gasteiger partial charge in [-0.25, -0.2) is 8.96 Å². The van der Waals surface area contributed by atoms with E-state index in [1.807, 2.05) is 0 Å². The number of nitrogens with two attached hydrogens (primary N) is 1. The molecule has 1 saturated heterocycles. The third-order valence-electron chi connectivity index (χ3n) is 5.00. The number of carbonyl (C=O) groups is 1. The van der Waals surface area contributed by atoms with Crippen LogP contribution in [0.2, 0.25) is 0 Å². The number of aromatic nitrogens is 4. The molecule has 20 heteroatoms. The quantitative estimate of drug-likeness (QED) is 0.104. The van der Waals surface area contributed by atoms with Gasteiger partial charge in [0.05, 0.1) is 21.0 Å². The predicted octanol–water partition coefficient (Wildman–Crippen LogP) is -9.86. The molecule has 16 nitrogen and oxygen atoms in total. The maximum absolute atomic E-state index is 14.2. The number of aliphatic hydroxyl groups is 2. The zero-order chi connectivity index (χ0) is 26.8. The fourth-order valence-corrected chi connectivity index (χ4v) is 3.88. The monoisotopic (exact) mass is 577 g/mol. The standard InChI is InChI=1S/C17H19FN5O8P.CH2O3.2Na/c18-9-4-2-1-3-8(9)5-22-7-23(14-11(22)15(26)21-17(19)20-14)16-13(25)12(24)10(31-16)6-30-32(27,28)29;2-1(3)4;;/h1-4,7,10,12-13,16,24-25H,5-6H2,(H4-,19,20,21,26,27,28,29);(H2,2,3,4);;/q;;2*+1/p-2/t10-,12-,13-,16-;;;/m1.../s1. The Labute approximate surface area is 256 Å². The Kier molecular flexibility index (Phi) is 13.0. The molecule has 1 fully saturated rings. The number of phosphoric ester groups is 1. The number of aromatic amines is 1. The Morgan fingerprint density at radius 2 is 1.89 bits per heavy atom. The van der Waals surface area contributed by atoms with Crippen LogP contribution in [-0.2, 0) is 20.4 Å². The molecule has 1 aromatic carbocycles. The van der Waals surface area contributed by atoms with Gasteiger partial charge in [-0.15, -0.1) is 0 Å². The molecule has 2 aromatic heterocycles. The summed E-state index contributed by atoms with van der Waals surface area (Å²) in [5, 5.41) is 36.0. The van der Waals surface area contributed by atoms with E-state index in [1.165, 1.54) is 33.7 Å². The second-order valence-electron chi connectivity index (χ2n) is 7.42. The average Bonchev–Trinajstić information content (AvgIpc) is 3.25. The number of imidazole rings is 1. The van der Waals surface area contributed by atoms with Gasteiger partial charge in [0.25, 0.3) is 11.5 Å². The van der Waals surface area contributed by atoms with Gasteiger partial charge >= 0.3 is 64.8 Å². The van der Waals surface area contributed by atoms with Gasteiger partial charge in [-0.05, 0) is 6.07 Å². The fourth-order valence-electron chi connectivity index (χ4n) is 3.55. The van der Waals surface area contributed by atoms with Gasteiger partial charge in [-0.3, -0.25) is 14.3 Å². The van der Waals surface area contributed by atoms with Gasteiger partial charge in [0.2, 0.25) is 17.9 Å². The van der Waals surface area contributed by atoms with Crippen molar-refractivity contribution >= 4 is 31.1 Å². The number of nitrogen functional groups attached to an aromatic ring is 1. The number of fused-ring (bicyclic) bond motifs is 1. The van der Waals surface area contributed by atoms with Crippen LogP contribution < -0.4 is 89.9 Å². The van der Waals surface area contributed by atoms with E-state index in [2.05, 4.69) is 14.5 Å². The molecule has 4 rings (SSSR count). The minimum atomic E-state index is -5.34. The minimum absolute atomic E-state index is 0. The SMILES string of the molecule is Nc1nc2c(c(=O)[nH]1)n(Cc1ccccc1F)c[n+]2[C@@H]1O[C@H](COP(=O)([O-])[O-])[C@@H](O)[C@H]1O.O=C([O-])O.[Na+].[Na+]. The van der Waals surface area contributed by atoms with Crippen molar-refractivity contribution in [2.45, 2.75) is 31.1 Å². The van der Waals surface area contributed by atoms with Crippen molar-refractivity contribution in [1.82, 2.24) is 14.5 Å². The number of hydrogen-bond acceptors (Lipinski definition) is 12. The first-order valence-electron chi connectivity index (χ1n) is 9.89. The van der Waals surface area contributed by atoms with Crippen molar-refractivity contribution in [1.29, 1.82) is 0 Å². The van der Waals surface area contributed by atoms with Gasteiger partial charge in [0.15, 0.2) is 6.33 Å². The maximum Gasteiger partial charge on any atom is 1.00 e. The van der Waals surface area contributed by atoms with Crippen LogP contribution in [-0.4, -0.2) is 60.9 Å². The van der Waals surface area contributed by atoms with Gasteiger partial charge in [-0.1, -0.05) is 23.2 Å². The summed E-state index contributed by atoms with van der Waals surface area (Å²) in [4.78, 5) is 48.9. The number of H-pyrrole nitrogens is 1. The summed E-state index contributed by atoms with van der Waals surface area (Å²) in [6.07, 6.45) is -6.73. The summed E-state index contributed by atoms with van der Waals surface area (Å²) < 4.78 is 37.1. The molecule has 0 bridgehead atoms. The van der Waals surface area contributed by atoms with Crippen molar-refractivity contribution in [2.24, 2.45) is 0 Å². The zero-order valence-electron chi connectivity index (χ0n) is 20.0. The van der Waals surface area contributed by atoms with Crippen molar-refractivity contribution in [3.05, 3.63) is 52.3 Å². The number of phosphoric acid groups is 1. The summed E-state index contributed by atoms with van der Waals surface area (Å²) in [6, 6.07) is 5.91. The number of benzene rings is 1. The molecule has 0 radical (unpaired) electrons. The van der Waals surface area contributed by atoms with Gasteiger partial charge < -0.3 is 54.6 Å². The van der Waals surface area contributed by atoms with Crippen LogP contribution in [0.5, 0.6) is 0 Å². The second kappa shape index (κ2) is 14.3. The molecule has 0 aliphatic carbocycles. The van der Waals surface area contributed by atoms with Crippen molar-refractivity contribution in [2.75, 3.05) is 12.3 Å². The minimum Gasteiger partial charge on any atom is -0.790 e. The summed E-state index contributed by atoms with van der Waals surface area (Å²) in [6.45, 7) is -0.915. The largest absolute Gasteiger partial charge is 1.00 e. The molecule has 3 heterocycles. The van der Waals surface area contributed by atoms with Gasteiger partial charge in [-0.2, -0.15) is 0 Å². The average molecular weight is 577 g/mol. The van der Waals surface area contributed by atoms with Crippen LogP contribution in [0.1, 0.15) is 11.8 Å². The van der Waals surface area contributed by atoms with Crippen LogP contribution >= 0.6 is 7.82 Å². The first-order chi connectivity index (χ1) is 16.8. The Bertz CT molecular complexity index is 1370. The number of nitrogens with zero attached hydrogens (tertiary/aromatic N) is 3. The Morgan fingerprint density at radius 1 is 1.29 bits per heavy atom. The molecule has 0 amide bonds. The third kappa shape index (κ3) is 8.53. The maximum atomic E-state index is 14.2. The first-order valence-corrected chi connectivity index (χ1v) is 11.4. The van der Waals surface area contributed by atoms with E-state index in [1.54, 1.807) is 6.07 Å². The number of ether oxygens (including phenoxy) is 1. The number of anilines is 1. The Balaban J connectivity index is 0.00000113. The van der Waals surface area contributed by atoms with E-state index < -0.39 is 56.5 Å². The van der Waals surface area contributed by atoms with Crippen molar-refractivity contribution in [3.8, 4) is 0 Å². The number of aliphatic hydroxyl groups excluding tert-OH is 2. The molecular formula is C18H19FN5Na2O11P. The molecule has 6 N–H and O–H groups in total. The summed E-state index contributed by atoms with van der Waals surface area (Å²) in [5.41, 5.74) is 5.19. The first kappa shape index (κ1) is 34.6. The second-order valence-corrected chi connectivity index (χ2v) is 8.57. The number of hydrogen-bond donors (Lipinski definition) is 5. The molecule has 4 atom stereocenters. The molecule has 0 unspecified atom stereocenters. The van der Waals surface area contributed by atoms with Crippen LogP contribution in [0.15, 0.2) is 35.4 Å². The van der Waals surface area contributed by atoms with Crippen molar-refractivity contribution in [3.63, 3.8) is 0 Å². The van der Waals surface area contributed by atoms with E-state index in [0.717, 1.165) is 0 Å². The van der Waals surface area contributed by atoms with E-state index in [9.17, 15) is 33.7 Å². The molecule has 0 saturated carbocycles. The van der Waals surface area contributed by atoms with Gasteiger partial charge in [0.1, 0.15) is 24.1 Å². The number of rotatable bonds is 6. The molecule has 3 aromatic rings. The predicted molar refractivity (Wildman–Crippen MR) is 108 cm³/mol. The number of carboxylic acid groups (broad SMARTS) is 2. The van der Waals surface area contributed by atoms with Crippen LogP contribution in [0.3, 0.4) is 0 Å². The zero-order valence-corrected chi connectivity index (χ0v) is 24.9. The smallest absolute Gasteiger partial charge is 0.790 e. The number of halogens is 1. The summed E-state index contributed by atoms with van der Waals surface area (Å²) >= 11 is 0. The van der Waals surface area contributed by atoms with E-state index in [4.69, 9.17) is 25.5 Å². The van der Waals surface area contributed by atoms with Crippen molar-refractivity contribution < 1.29 is 117 Å². The molecule has 1 aliphatic rings. The van der Waals surface area contributed by atoms with Crippen LogP contribution in [0.4, 0.5) is 15.1 Å². The normalized spacial score (nSPS) is 20.7. The van der Waals surface area contributed by atoms with Gasteiger partial charge in [0, 0.05) is 5.56 Å². The Morgan fingerprint density at radius 3 is 2.47 bits per heavy atom. The topological polar surface area (TPSA) is 263 Å². The summed E-state index contributed by atoms with van der Waals surface area (Å²) in [7, 11) is -5.34. The Hall–Kier alpha value is -1.44. The van der Waals surface area contributed by atoms with E-state index in [0.29, 0.717) is 0 Å². The number of nitrogens with one attached hydrogen (secondary N) is 1. The van der Waals surface area contributed by atoms with Crippen LogP contribution in [0, 0.1) is 5.82 Å². The third-order valence-corrected chi connectivity index (χ3v) is 5.46. The molecular weight excluding hydrogens is 558 g/mol. The summed E-state index contributed by atoms with van der Waals surface area (Å²) in [5.74, 6) is -0.753. The molecule has 38 heavy (non-hydrogen) atoms.